The highest BCUT2D eigenvalue weighted by Crippen LogP contribution is 2.40. The van der Waals surface area contributed by atoms with Crippen molar-refractivity contribution in [1.29, 1.82) is 0 Å². The summed E-state index contributed by atoms with van der Waals surface area (Å²) in [6.07, 6.45) is 8.92. The van der Waals surface area contributed by atoms with E-state index in [1.165, 1.54) is 11.1 Å². The lowest BCUT2D eigenvalue weighted by atomic mass is 9.94. The smallest absolute Gasteiger partial charge is 0.257 e. The van der Waals surface area contributed by atoms with E-state index >= 15 is 0 Å². The molecule has 0 bridgehead atoms. The van der Waals surface area contributed by atoms with Crippen LogP contribution >= 0.6 is 0 Å². The molecule has 3 aromatic carbocycles. The zero-order valence-corrected chi connectivity index (χ0v) is 26.2. The number of hydrogen-bond donors (Lipinski definition) is 0. The van der Waals surface area contributed by atoms with Gasteiger partial charge >= 0.3 is 0 Å². The van der Waals surface area contributed by atoms with E-state index in [1.807, 2.05) is 34.4 Å². The Labute approximate surface area is 268 Å². The van der Waals surface area contributed by atoms with Crippen molar-refractivity contribution in [2.75, 3.05) is 34.0 Å². The van der Waals surface area contributed by atoms with Gasteiger partial charge in [-0.05, 0) is 61.8 Å². The SMILES string of the molecule is COc1cc2c(cc1OCCCCCOc1cc3c(cc1OC)C(=O)N1Cc4ccccc4CC1C=N3)N=CC1CCCN1C2=O. The summed E-state index contributed by atoms with van der Waals surface area (Å²) in [7, 11) is 3.16. The molecule has 0 spiro atoms. The van der Waals surface area contributed by atoms with E-state index in [0.29, 0.717) is 65.3 Å². The van der Waals surface area contributed by atoms with Gasteiger partial charge in [-0.2, -0.15) is 0 Å². The number of unbranched alkanes of at least 4 members (excludes halogenated alkanes) is 2. The molecule has 3 aromatic rings. The number of carbonyl (C=O) groups is 2. The first-order chi connectivity index (χ1) is 22.5. The third-order valence-corrected chi connectivity index (χ3v) is 9.21. The Morgan fingerprint density at radius 1 is 0.717 bits per heavy atom. The highest BCUT2D eigenvalue weighted by Gasteiger charge is 2.34. The molecule has 4 aliphatic heterocycles. The second-order valence-electron chi connectivity index (χ2n) is 12.0. The Morgan fingerprint density at radius 3 is 1.93 bits per heavy atom. The third-order valence-electron chi connectivity index (χ3n) is 9.21. The number of ether oxygens (including phenoxy) is 4. The van der Waals surface area contributed by atoms with Gasteiger partial charge in [-0.15, -0.1) is 0 Å². The largest absolute Gasteiger partial charge is 0.493 e. The molecule has 1 saturated heterocycles. The molecule has 2 unspecified atom stereocenters. The molecule has 46 heavy (non-hydrogen) atoms. The zero-order chi connectivity index (χ0) is 31.6. The van der Waals surface area contributed by atoms with E-state index in [2.05, 4.69) is 17.1 Å². The maximum Gasteiger partial charge on any atom is 0.257 e. The summed E-state index contributed by atoms with van der Waals surface area (Å²) in [6, 6.07) is 15.3. The minimum Gasteiger partial charge on any atom is -0.493 e. The van der Waals surface area contributed by atoms with Crippen LogP contribution in [0.15, 0.2) is 58.5 Å². The van der Waals surface area contributed by atoms with Crippen molar-refractivity contribution in [3.05, 3.63) is 70.8 Å². The van der Waals surface area contributed by atoms with Gasteiger partial charge in [0.15, 0.2) is 23.0 Å². The normalized spacial score (nSPS) is 19.3. The topological polar surface area (TPSA) is 102 Å². The Balaban J connectivity index is 0.938. The van der Waals surface area contributed by atoms with E-state index in [9.17, 15) is 9.59 Å². The number of amides is 2. The molecule has 7 rings (SSSR count). The number of carbonyl (C=O) groups excluding carboxylic acids is 2. The summed E-state index contributed by atoms with van der Waals surface area (Å²) < 4.78 is 23.4. The summed E-state index contributed by atoms with van der Waals surface area (Å²) in [5.74, 6) is 2.12. The van der Waals surface area contributed by atoms with Crippen LogP contribution in [-0.2, 0) is 13.0 Å². The molecule has 0 aromatic heterocycles. The molecule has 4 aliphatic rings. The van der Waals surface area contributed by atoms with Gasteiger partial charge in [0.25, 0.3) is 11.8 Å². The summed E-state index contributed by atoms with van der Waals surface area (Å²) in [6.45, 7) is 2.28. The van der Waals surface area contributed by atoms with Gasteiger partial charge in [0, 0.05) is 37.7 Å². The first-order valence-electron chi connectivity index (χ1n) is 16.0. The number of fused-ring (bicyclic) bond motifs is 5. The zero-order valence-electron chi connectivity index (χ0n) is 26.2. The number of benzene rings is 3. The first kappa shape index (κ1) is 29.8. The van der Waals surface area contributed by atoms with E-state index in [1.54, 1.807) is 38.5 Å². The highest BCUT2D eigenvalue weighted by atomic mass is 16.5. The maximum atomic E-state index is 13.6. The van der Waals surface area contributed by atoms with Crippen molar-refractivity contribution in [3.8, 4) is 23.0 Å². The van der Waals surface area contributed by atoms with Crippen molar-refractivity contribution < 1.29 is 28.5 Å². The fraction of sp³-hybridized carbons (Fsp3) is 0.389. The van der Waals surface area contributed by atoms with E-state index < -0.39 is 0 Å². The van der Waals surface area contributed by atoms with Crippen LogP contribution < -0.4 is 18.9 Å². The standard InChI is InChI=1S/C36H38N4O6/c1-43-31-16-27-29(37-20-25-11-8-12-39(25)35(27)41)18-33(31)45-13-6-3-7-14-46-34-19-30-28(17-32(34)44-2)36(42)40-22-24-10-5-4-9-23(24)15-26(40)21-38-30/h4-5,9-10,16-21,25-26H,3,6-8,11-15,22H2,1-2H3. The van der Waals surface area contributed by atoms with Crippen LogP contribution in [0, 0.1) is 0 Å². The summed E-state index contributed by atoms with van der Waals surface area (Å²) in [5, 5.41) is 0. The molecule has 10 heteroatoms. The number of rotatable bonds is 10. The van der Waals surface area contributed by atoms with Crippen molar-refractivity contribution in [1.82, 2.24) is 9.80 Å². The van der Waals surface area contributed by atoms with Gasteiger partial charge in [-0.1, -0.05) is 24.3 Å². The second kappa shape index (κ2) is 12.9. The lowest BCUT2D eigenvalue weighted by Gasteiger charge is -2.34. The molecule has 4 heterocycles. The minimum atomic E-state index is -0.0916. The van der Waals surface area contributed by atoms with Crippen molar-refractivity contribution in [3.63, 3.8) is 0 Å². The second-order valence-corrected chi connectivity index (χ2v) is 12.0. The van der Waals surface area contributed by atoms with Crippen molar-refractivity contribution >= 4 is 35.6 Å². The number of hydrogen-bond acceptors (Lipinski definition) is 8. The monoisotopic (exact) mass is 622 g/mol. The Kier molecular flexibility index (Phi) is 8.34. The molecule has 2 amide bonds. The lowest BCUT2D eigenvalue weighted by Crippen LogP contribution is -2.44. The average molecular weight is 623 g/mol. The average Bonchev–Trinajstić information content (AvgIpc) is 3.47. The van der Waals surface area contributed by atoms with Crippen LogP contribution in [0.5, 0.6) is 23.0 Å². The lowest BCUT2D eigenvalue weighted by molar-refractivity contribution is 0.0702. The Morgan fingerprint density at radius 2 is 1.30 bits per heavy atom. The van der Waals surface area contributed by atoms with Crippen LogP contribution in [0.3, 0.4) is 0 Å². The molecule has 10 nitrogen and oxygen atoms in total. The highest BCUT2D eigenvalue weighted by molar-refractivity contribution is 6.04. The summed E-state index contributed by atoms with van der Waals surface area (Å²) in [5.41, 5.74) is 4.70. The van der Waals surface area contributed by atoms with E-state index in [0.717, 1.165) is 45.1 Å². The molecule has 0 saturated carbocycles. The summed E-state index contributed by atoms with van der Waals surface area (Å²) >= 11 is 0. The van der Waals surface area contributed by atoms with Gasteiger partial charge < -0.3 is 28.7 Å². The van der Waals surface area contributed by atoms with Gasteiger partial charge in [-0.25, -0.2) is 0 Å². The number of nitrogens with zero attached hydrogens (tertiary/aromatic N) is 4. The van der Waals surface area contributed by atoms with Gasteiger partial charge in [0.05, 0.1) is 62.0 Å². The van der Waals surface area contributed by atoms with E-state index in [4.69, 9.17) is 23.9 Å². The van der Waals surface area contributed by atoms with Crippen molar-refractivity contribution in [2.45, 2.75) is 57.2 Å². The first-order valence-corrected chi connectivity index (χ1v) is 16.0. The Hall–Kier alpha value is -4.86. The van der Waals surface area contributed by atoms with Crippen LogP contribution in [0.25, 0.3) is 0 Å². The molecular weight excluding hydrogens is 584 g/mol. The van der Waals surface area contributed by atoms with Gasteiger partial charge in [0.2, 0.25) is 0 Å². The van der Waals surface area contributed by atoms with Crippen LogP contribution in [0.4, 0.5) is 11.4 Å². The fourth-order valence-electron chi connectivity index (χ4n) is 6.69. The Bertz CT molecular complexity index is 1720. The number of aliphatic imine (C=N–C) groups is 2. The molecule has 2 atom stereocenters. The van der Waals surface area contributed by atoms with Crippen LogP contribution in [0.1, 0.15) is 63.9 Å². The third kappa shape index (κ3) is 5.68. The predicted octanol–water partition coefficient (Wildman–Crippen LogP) is 5.94. The molecule has 0 aliphatic carbocycles. The minimum absolute atomic E-state index is 0.00821. The quantitative estimate of drug-likeness (QED) is 0.260. The van der Waals surface area contributed by atoms with Crippen molar-refractivity contribution in [2.24, 2.45) is 9.98 Å². The molecular formula is C36H38N4O6. The summed E-state index contributed by atoms with van der Waals surface area (Å²) in [4.78, 5) is 39.8. The van der Waals surface area contributed by atoms with Crippen LogP contribution in [0.2, 0.25) is 0 Å². The molecule has 0 radical (unpaired) electrons. The van der Waals surface area contributed by atoms with Gasteiger partial charge in [0.1, 0.15) is 0 Å². The molecule has 0 N–H and O–H groups in total. The van der Waals surface area contributed by atoms with Gasteiger partial charge in [-0.3, -0.25) is 19.6 Å². The maximum absolute atomic E-state index is 13.6. The number of methoxy groups -OCH3 is 2. The van der Waals surface area contributed by atoms with E-state index in [-0.39, 0.29) is 23.9 Å². The molecule has 1 fully saturated rings. The van der Waals surface area contributed by atoms with Crippen LogP contribution in [-0.4, -0.2) is 80.1 Å². The molecule has 238 valence electrons. The fourth-order valence-corrected chi connectivity index (χ4v) is 6.69. The predicted molar refractivity (Wildman–Crippen MR) is 175 cm³/mol.